The standard InChI is InChI=1S/C13H15ClN2/c1-9-5-6-11(14)7-13(9)16-12-4-2-3-10(12)8-15/h5-7,10,12,16H,2-4H2,1H3. The van der Waals surface area contributed by atoms with E-state index in [9.17, 15) is 0 Å². The fraction of sp³-hybridized carbons (Fsp3) is 0.462. The van der Waals surface area contributed by atoms with Gasteiger partial charge in [-0.2, -0.15) is 5.26 Å². The van der Waals surface area contributed by atoms with Crippen LogP contribution in [0.2, 0.25) is 5.02 Å². The molecule has 0 radical (unpaired) electrons. The summed E-state index contributed by atoms with van der Waals surface area (Å²) in [6.07, 6.45) is 3.22. The van der Waals surface area contributed by atoms with Gasteiger partial charge in [0, 0.05) is 16.8 Å². The van der Waals surface area contributed by atoms with Crippen LogP contribution in [0.25, 0.3) is 0 Å². The number of hydrogen-bond donors (Lipinski definition) is 1. The second kappa shape index (κ2) is 4.76. The fourth-order valence-electron chi connectivity index (χ4n) is 2.24. The highest BCUT2D eigenvalue weighted by molar-refractivity contribution is 6.30. The lowest BCUT2D eigenvalue weighted by Crippen LogP contribution is -2.23. The molecular weight excluding hydrogens is 220 g/mol. The zero-order chi connectivity index (χ0) is 11.5. The Labute approximate surface area is 101 Å². The second-order valence-corrected chi connectivity index (χ2v) is 4.81. The minimum absolute atomic E-state index is 0.137. The van der Waals surface area contributed by atoms with E-state index in [1.54, 1.807) is 0 Å². The predicted molar refractivity (Wildman–Crippen MR) is 66.6 cm³/mol. The Hall–Kier alpha value is -1.20. The molecule has 1 aromatic carbocycles. The summed E-state index contributed by atoms with van der Waals surface area (Å²) < 4.78 is 0. The monoisotopic (exact) mass is 234 g/mol. The molecule has 0 aromatic heterocycles. The molecule has 0 bridgehead atoms. The van der Waals surface area contributed by atoms with Gasteiger partial charge in [0.1, 0.15) is 0 Å². The Bertz CT molecular complexity index is 422. The first kappa shape index (κ1) is 11.3. The number of benzene rings is 1. The van der Waals surface area contributed by atoms with Crippen LogP contribution in [0.5, 0.6) is 0 Å². The van der Waals surface area contributed by atoms with Crippen LogP contribution in [0.3, 0.4) is 0 Å². The molecule has 2 rings (SSSR count). The summed E-state index contributed by atoms with van der Waals surface area (Å²) in [5, 5.41) is 13.2. The molecular formula is C13H15ClN2. The van der Waals surface area contributed by atoms with Crippen molar-refractivity contribution in [1.29, 1.82) is 5.26 Å². The Morgan fingerprint density at radius 2 is 2.25 bits per heavy atom. The molecule has 0 spiro atoms. The van der Waals surface area contributed by atoms with Crippen molar-refractivity contribution in [3.8, 4) is 6.07 Å². The van der Waals surface area contributed by atoms with Gasteiger partial charge in [0.05, 0.1) is 12.0 Å². The van der Waals surface area contributed by atoms with Crippen LogP contribution in [0, 0.1) is 24.2 Å². The summed E-state index contributed by atoms with van der Waals surface area (Å²) in [4.78, 5) is 0. The lowest BCUT2D eigenvalue weighted by molar-refractivity contribution is 0.629. The molecule has 0 aliphatic heterocycles. The average Bonchev–Trinajstić information content (AvgIpc) is 2.71. The average molecular weight is 235 g/mol. The first-order valence-corrected chi connectivity index (χ1v) is 6.01. The first-order chi connectivity index (χ1) is 7.70. The number of nitrogens with one attached hydrogen (secondary N) is 1. The van der Waals surface area contributed by atoms with E-state index in [0.29, 0.717) is 0 Å². The smallest absolute Gasteiger partial charge is 0.0677 e. The van der Waals surface area contributed by atoms with Crippen LogP contribution < -0.4 is 5.32 Å². The molecule has 2 atom stereocenters. The number of aryl methyl sites for hydroxylation is 1. The molecule has 1 aliphatic carbocycles. The quantitative estimate of drug-likeness (QED) is 0.846. The van der Waals surface area contributed by atoms with Crippen molar-refractivity contribution in [1.82, 2.24) is 0 Å². The summed E-state index contributed by atoms with van der Waals surface area (Å²) in [7, 11) is 0. The highest BCUT2D eigenvalue weighted by Gasteiger charge is 2.27. The molecule has 1 saturated carbocycles. The topological polar surface area (TPSA) is 35.8 Å². The van der Waals surface area contributed by atoms with E-state index in [4.69, 9.17) is 16.9 Å². The van der Waals surface area contributed by atoms with Crippen LogP contribution in [-0.2, 0) is 0 Å². The highest BCUT2D eigenvalue weighted by Crippen LogP contribution is 2.30. The van der Waals surface area contributed by atoms with Crippen LogP contribution in [0.1, 0.15) is 24.8 Å². The molecule has 2 nitrogen and oxygen atoms in total. The summed E-state index contributed by atoms with van der Waals surface area (Å²) in [5.74, 6) is 0.137. The predicted octanol–water partition coefficient (Wildman–Crippen LogP) is 3.75. The van der Waals surface area contributed by atoms with Gasteiger partial charge in [0.2, 0.25) is 0 Å². The van der Waals surface area contributed by atoms with E-state index < -0.39 is 0 Å². The van der Waals surface area contributed by atoms with Crippen molar-refractivity contribution in [2.75, 3.05) is 5.32 Å². The molecule has 0 saturated heterocycles. The Kier molecular flexibility index (Phi) is 3.36. The third-order valence-corrected chi connectivity index (χ3v) is 3.46. The molecule has 1 N–H and O–H groups in total. The van der Waals surface area contributed by atoms with E-state index in [1.165, 1.54) is 5.56 Å². The third-order valence-electron chi connectivity index (χ3n) is 3.22. The lowest BCUT2D eigenvalue weighted by Gasteiger charge is -2.18. The number of rotatable bonds is 2. The summed E-state index contributed by atoms with van der Waals surface area (Å²) in [5.41, 5.74) is 2.23. The van der Waals surface area contributed by atoms with E-state index in [2.05, 4.69) is 18.3 Å². The molecule has 84 valence electrons. The van der Waals surface area contributed by atoms with E-state index in [0.717, 1.165) is 30.0 Å². The molecule has 0 heterocycles. The van der Waals surface area contributed by atoms with Crippen molar-refractivity contribution >= 4 is 17.3 Å². The van der Waals surface area contributed by atoms with E-state index >= 15 is 0 Å². The number of anilines is 1. The van der Waals surface area contributed by atoms with Crippen LogP contribution in [0.15, 0.2) is 18.2 Å². The van der Waals surface area contributed by atoms with Gasteiger partial charge < -0.3 is 5.32 Å². The molecule has 1 aliphatic rings. The number of nitrogens with zero attached hydrogens (tertiary/aromatic N) is 1. The van der Waals surface area contributed by atoms with Crippen LogP contribution in [0.4, 0.5) is 5.69 Å². The van der Waals surface area contributed by atoms with Gasteiger partial charge in [-0.05, 0) is 43.9 Å². The minimum Gasteiger partial charge on any atom is -0.381 e. The maximum Gasteiger partial charge on any atom is 0.0677 e. The van der Waals surface area contributed by atoms with Crippen LogP contribution >= 0.6 is 11.6 Å². The Morgan fingerprint density at radius 1 is 1.44 bits per heavy atom. The van der Waals surface area contributed by atoms with Crippen molar-refractivity contribution in [2.24, 2.45) is 5.92 Å². The van der Waals surface area contributed by atoms with E-state index in [1.807, 2.05) is 18.2 Å². The number of halogens is 1. The molecule has 0 amide bonds. The SMILES string of the molecule is Cc1ccc(Cl)cc1NC1CCCC1C#N. The third kappa shape index (κ3) is 2.31. The zero-order valence-electron chi connectivity index (χ0n) is 9.33. The van der Waals surface area contributed by atoms with Crippen molar-refractivity contribution in [2.45, 2.75) is 32.2 Å². The van der Waals surface area contributed by atoms with Gasteiger partial charge >= 0.3 is 0 Å². The minimum atomic E-state index is 0.137. The maximum atomic E-state index is 9.02. The maximum absolute atomic E-state index is 9.02. The molecule has 3 heteroatoms. The van der Waals surface area contributed by atoms with Gasteiger partial charge in [0.25, 0.3) is 0 Å². The second-order valence-electron chi connectivity index (χ2n) is 4.38. The van der Waals surface area contributed by atoms with Gasteiger partial charge in [-0.25, -0.2) is 0 Å². The normalized spacial score (nSPS) is 24.1. The van der Waals surface area contributed by atoms with Crippen molar-refractivity contribution in [3.63, 3.8) is 0 Å². The largest absolute Gasteiger partial charge is 0.381 e. The van der Waals surface area contributed by atoms with Gasteiger partial charge in [-0.3, -0.25) is 0 Å². The van der Waals surface area contributed by atoms with Crippen molar-refractivity contribution < 1.29 is 0 Å². The van der Waals surface area contributed by atoms with E-state index in [-0.39, 0.29) is 12.0 Å². The molecule has 1 fully saturated rings. The summed E-state index contributed by atoms with van der Waals surface area (Å²) in [6.45, 7) is 2.05. The molecule has 16 heavy (non-hydrogen) atoms. The Morgan fingerprint density at radius 3 is 3.00 bits per heavy atom. The Balaban J connectivity index is 2.14. The highest BCUT2D eigenvalue weighted by atomic mass is 35.5. The van der Waals surface area contributed by atoms with Gasteiger partial charge in [-0.15, -0.1) is 0 Å². The van der Waals surface area contributed by atoms with Crippen molar-refractivity contribution in [3.05, 3.63) is 28.8 Å². The fourth-order valence-corrected chi connectivity index (χ4v) is 2.41. The number of nitriles is 1. The van der Waals surface area contributed by atoms with Crippen LogP contribution in [-0.4, -0.2) is 6.04 Å². The number of hydrogen-bond acceptors (Lipinski definition) is 2. The summed E-state index contributed by atoms with van der Waals surface area (Å²) >= 11 is 5.97. The molecule has 1 aromatic rings. The zero-order valence-corrected chi connectivity index (χ0v) is 10.1. The van der Waals surface area contributed by atoms with Gasteiger partial charge in [-0.1, -0.05) is 17.7 Å². The van der Waals surface area contributed by atoms with Gasteiger partial charge in [0.15, 0.2) is 0 Å². The first-order valence-electron chi connectivity index (χ1n) is 5.63. The lowest BCUT2D eigenvalue weighted by atomic mass is 10.0. The summed E-state index contributed by atoms with van der Waals surface area (Å²) in [6, 6.07) is 8.48. The molecule has 2 unspecified atom stereocenters.